The van der Waals surface area contributed by atoms with E-state index in [2.05, 4.69) is 12.2 Å². The second-order valence-electron chi connectivity index (χ2n) is 7.57. The molecule has 1 aliphatic carbocycles. The summed E-state index contributed by atoms with van der Waals surface area (Å²) in [6.07, 6.45) is 3.82. The van der Waals surface area contributed by atoms with Gasteiger partial charge in [-0.3, -0.25) is 34.2 Å². The van der Waals surface area contributed by atoms with Crippen LogP contribution in [0.15, 0.2) is 18.2 Å². The summed E-state index contributed by atoms with van der Waals surface area (Å²) >= 11 is 0. The Hall–Kier alpha value is -3.30. The molecule has 1 aromatic rings. The number of imide groups is 1. The zero-order valence-corrected chi connectivity index (χ0v) is 16.6. The van der Waals surface area contributed by atoms with E-state index in [1.54, 1.807) is 0 Å². The van der Waals surface area contributed by atoms with E-state index in [1.807, 2.05) is 0 Å². The third kappa shape index (κ3) is 4.47. The number of fused-ring (bicyclic) bond motifs is 1. The van der Waals surface area contributed by atoms with E-state index < -0.39 is 40.9 Å². The molecular formula is C20H23N3O7. The topological polar surface area (TPSA) is 136 Å². The third-order valence-corrected chi connectivity index (χ3v) is 5.54. The first-order valence-corrected chi connectivity index (χ1v) is 9.88. The van der Waals surface area contributed by atoms with Gasteiger partial charge in [-0.25, -0.2) is 0 Å². The normalized spacial score (nSPS) is 20.6. The van der Waals surface area contributed by atoms with Crippen molar-refractivity contribution in [1.82, 2.24) is 10.2 Å². The lowest BCUT2D eigenvalue weighted by molar-refractivity contribution is -0.385. The summed E-state index contributed by atoms with van der Waals surface area (Å²) in [5, 5.41) is 14.0. The van der Waals surface area contributed by atoms with Gasteiger partial charge in [0.05, 0.1) is 16.9 Å². The van der Waals surface area contributed by atoms with Gasteiger partial charge in [0.1, 0.15) is 5.56 Å². The number of hydrogen-bond acceptors (Lipinski definition) is 7. The summed E-state index contributed by atoms with van der Waals surface area (Å²) in [7, 11) is 0. The van der Waals surface area contributed by atoms with Crippen molar-refractivity contribution in [3.8, 4) is 0 Å². The smallest absolute Gasteiger partial charge is 0.308 e. The van der Waals surface area contributed by atoms with Crippen molar-refractivity contribution >= 4 is 29.4 Å². The maximum absolute atomic E-state index is 12.4. The number of carbonyl (C=O) groups excluding carboxylic acids is 4. The Labute approximate surface area is 172 Å². The lowest BCUT2D eigenvalue weighted by Crippen LogP contribution is -2.43. The quantitative estimate of drug-likeness (QED) is 0.309. The summed E-state index contributed by atoms with van der Waals surface area (Å²) in [4.78, 5) is 60.0. The Balaban J connectivity index is 1.50. The minimum absolute atomic E-state index is 0.0662. The predicted molar refractivity (Wildman–Crippen MR) is 104 cm³/mol. The van der Waals surface area contributed by atoms with Crippen LogP contribution in [0.25, 0.3) is 0 Å². The highest BCUT2D eigenvalue weighted by Gasteiger charge is 2.40. The molecule has 3 amide bonds. The van der Waals surface area contributed by atoms with Crippen LogP contribution >= 0.6 is 0 Å². The van der Waals surface area contributed by atoms with Gasteiger partial charge in [0.2, 0.25) is 0 Å². The SMILES string of the molecule is C[C@H]1CCCC[C@H]1NC(=O)COC(=O)CCN1C(=O)c2cccc([N+](=O)[O-])c2C1=O. The Morgan fingerprint density at radius 1 is 1.23 bits per heavy atom. The molecule has 3 rings (SSSR count). The summed E-state index contributed by atoms with van der Waals surface area (Å²) in [5.41, 5.74) is -0.796. The van der Waals surface area contributed by atoms with Crippen molar-refractivity contribution in [1.29, 1.82) is 0 Å². The summed E-state index contributed by atoms with van der Waals surface area (Å²) in [6.45, 7) is 1.35. The molecule has 30 heavy (non-hydrogen) atoms. The van der Waals surface area contributed by atoms with Gasteiger partial charge in [-0.1, -0.05) is 25.8 Å². The molecule has 1 aliphatic heterocycles. The molecule has 1 fully saturated rings. The van der Waals surface area contributed by atoms with Crippen LogP contribution in [0.1, 0.15) is 59.7 Å². The number of carbonyl (C=O) groups is 4. The minimum Gasteiger partial charge on any atom is -0.456 e. The van der Waals surface area contributed by atoms with Gasteiger partial charge >= 0.3 is 5.97 Å². The van der Waals surface area contributed by atoms with Crippen LogP contribution in [0.2, 0.25) is 0 Å². The Bertz CT molecular complexity index is 898. The highest BCUT2D eigenvalue weighted by Crippen LogP contribution is 2.30. The molecule has 1 N–H and O–H groups in total. The van der Waals surface area contributed by atoms with Crippen LogP contribution in [0.3, 0.4) is 0 Å². The molecule has 160 valence electrons. The monoisotopic (exact) mass is 417 g/mol. The largest absolute Gasteiger partial charge is 0.456 e. The van der Waals surface area contributed by atoms with Crippen molar-refractivity contribution in [3.05, 3.63) is 39.4 Å². The van der Waals surface area contributed by atoms with E-state index in [1.165, 1.54) is 12.1 Å². The third-order valence-electron chi connectivity index (χ3n) is 5.54. The average molecular weight is 417 g/mol. The fraction of sp³-hybridized carbons (Fsp3) is 0.500. The van der Waals surface area contributed by atoms with Crippen molar-refractivity contribution < 1.29 is 28.8 Å². The number of benzene rings is 1. The zero-order chi connectivity index (χ0) is 21.8. The van der Waals surface area contributed by atoms with E-state index in [9.17, 15) is 29.3 Å². The number of amides is 3. The van der Waals surface area contributed by atoms with Crippen molar-refractivity contribution in [3.63, 3.8) is 0 Å². The van der Waals surface area contributed by atoms with Crippen molar-refractivity contribution in [2.75, 3.05) is 13.2 Å². The number of esters is 1. The van der Waals surface area contributed by atoms with Gasteiger partial charge in [-0.05, 0) is 24.8 Å². The van der Waals surface area contributed by atoms with E-state index >= 15 is 0 Å². The van der Waals surface area contributed by atoms with Gasteiger partial charge in [-0.15, -0.1) is 0 Å². The molecule has 0 aromatic heterocycles. The summed E-state index contributed by atoms with van der Waals surface area (Å²) < 4.78 is 4.94. The number of nitrogens with one attached hydrogen (secondary N) is 1. The lowest BCUT2D eigenvalue weighted by Gasteiger charge is -2.29. The highest BCUT2D eigenvalue weighted by atomic mass is 16.6. The molecular weight excluding hydrogens is 394 g/mol. The molecule has 10 nitrogen and oxygen atoms in total. The predicted octanol–water partition coefficient (Wildman–Crippen LogP) is 1.82. The lowest BCUT2D eigenvalue weighted by atomic mass is 9.86. The van der Waals surface area contributed by atoms with Crippen molar-refractivity contribution in [2.45, 2.75) is 45.1 Å². The standard InChI is InChI=1S/C20H23N3O7/c1-12-5-2-3-7-14(12)21-16(24)11-30-17(25)9-10-22-19(26)13-6-4-8-15(23(28)29)18(13)20(22)27/h4,6,8,12,14H,2-3,5,7,9-11H2,1H3,(H,21,24)/t12-,14+/m0/s1. The maximum Gasteiger partial charge on any atom is 0.308 e. The molecule has 1 saturated carbocycles. The molecule has 2 aliphatic rings. The van der Waals surface area contributed by atoms with E-state index in [0.29, 0.717) is 5.92 Å². The number of nitro groups is 1. The Kier molecular flexibility index (Phi) is 6.43. The number of hydrogen-bond donors (Lipinski definition) is 1. The maximum atomic E-state index is 12.4. The first-order chi connectivity index (χ1) is 14.3. The van der Waals surface area contributed by atoms with Crippen LogP contribution in [0.5, 0.6) is 0 Å². The van der Waals surface area contributed by atoms with Gasteiger partial charge in [0.25, 0.3) is 23.4 Å². The highest BCUT2D eigenvalue weighted by molar-refractivity contribution is 6.23. The van der Waals surface area contributed by atoms with E-state index in [4.69, 9.17) is 4.74 Å². The number of nitrogens with zero attached hydrogens (tertiary/aromatic N) is 2. The second kappa shape index (κ2) is 9.02. The van der Waals surface area contributed by atoms with E-state index in [0.717, 1.165) is 36.6 Å². The minimum atomic E-state index is -0.820. The van der Waals surface area contributed by atoms with E-state index in [-0.39, 0.29) is 30.1 Å². The first-order valence-electron chi connectivity index (χ1n) is 9.88. The molecule has 0 saturated heterocycles. The second-order valence-corrected chi connectivity index (χ2v) is 7.57. The van der Waals surface area contributed by atoms with Crippen LogP contribution in [0, 0.1) is 16.0 Å². The molecule has 1 heterocycles. The average Bonchev–Trinajstić information content (AvgIpc) is 2.96. The first kappa shape index (κ1) is 21.4. The van der Waals surface area contributed by atoms with Gasteiger partial charge in [-0.2, -0.15) is 0 Å². The number of ether oxygens (including phenoxy) is 1. The fourth-order valence-electron chi connectivity index (χ4n) is 3.87. The Morgan fingerprint density at radius 2 is 1.97 bits per heavy atom. The van der Waals surface area contributed by atoms with Gasteiger partial charge in [0.15, 0.2) is 6.61 Å². The fourth-order valence-corrected chi connectivity index (χ4v) is 3.87. The summed E-state index contributed by atoms with van der Waals surface area (Å²) in [5.74, 6) is -2.28. The molecule has 0 spiro atoms. The molecule has 0 unspecified atom stereocenters. The Morgan fingerprint density at radius 3 is 2.67 bits per heavy atom. The van der Waals surface area contributed by atoms with Crippen LogP contribution < -0.4 is 5.32 Å². The van der Waals surface area contributed by atoms with Crippen molar-refractivity contribution in [2.24, 2.45) is 5.92 Å². The molecule has 0 bridgehead atoms. The molecule has 10 heteroatoms. The van der Waals surface area contributed by atoms with Gasteiger partial charge in [0, 0.05) is 18.7 Å². The van der Waals surface area contributed by atoms with Gasteiger partial charge < -0.3 is 10.1 Å². The number of rotatable bonds is 7. The van der Waals surface area contributed by atoms with Crippen LogP contribution in [0.4, 0.5) is 5.69 Å². The van der Waals surface area contributed by atoms with Crippen LogP contribution in [-0.2, 0) is 14.3 Å². The zero-order valence-electron chi connectivity index (χ0n) is 16.6. The number of nitro benzene ring substituents is 1. The van der Waals surface area contributed by atoms with Crippen LogP contribution in [-0.4, -0.2) is 52.7 Å². The molecule has 1 aromatic carbocycles. The summed E-state index contributed by atoms with van der Waals surface area (Å²) in [6, 6.07) is 3.87. The molecule has 0 radical (unpaired) electrons. The molecule has 2 atom stereocenters.